The molecule has 2 aliphatic rings. The molecule has 8 bridgehead atoms. The summed E-state index contributed by atoms with van der Waals surface area (Å²) >= 11 is 0. The molecule has 0 spiro atoms. The molecular formula is C60H34N8O8. The van der Waals surface area contributed by atoms with E-state index in [-0.39, 0.29) is 56.5 Å². The lowest BCUT2D eigenvalue weighted by Crippen LogP contribution is -2.16. The summed E-state index contributed by atoms with van der Waals surface area (Å²) < 4.78 is 1.78. The number of rotatable bonds is 8. The molecule has 16 nitrogen and oxygen atoms in total. The second-order valence-corrected chi connectivity index (χ2v) is 17.9. The zero-order valence-corrected chi connectivity index (χ0v) is 39.3. The Kier molecular flexibility index (Phi) is 10.3. The lowest BCUT2D eigenvalue weighted by atomic mass is 9.81. The lowest BCUT2D eigenvalue weighted by Gasteiger charge is -2.21. The Labute approximate surface area is 428 Å². The van der Waals surface area contributed by atoms with Gasteiger partial charge in [-0.1, -0.05) is 158 Å². The molecule has 76 heavy (non-hydrogen) atoms. The van der Waals surface area contributed by atoms with Crippen LogP contribution in [0.4, 0.5) is 0 Å². The van der Waals surface area contributed by atoms with E-state index in [4.69, 9.17) is 29.9 Å². The molecule has 0 saturated heterocycles. The molecule has 0 amide bonds. The molecule has 2 aliphatic heterocycles. The van der Waals surface area contributed by atoms with Crippen LogP contribution >= 0.6 is 0 Å². The summed E-state index contributed by atoms with van der Waals surface area (Å²) in [5.41, 5.74) is 2.22. The number of aromatic carboxylic acids is 4. The van der Waals surface area contributed by atoms with Gasteiger partial charge in [0.25, 0.3) is 0 Å². The van der Waals surface area contributed by atoms with Gasteiger partial charge in [-0.3, -0.25) is 4.57 Å². The first-order chi connectivity index (χ1) is 37.0. The van der Waals surface area contributed by atoms with Gasteiger partial charge in [-0.2, -0.15) is 0 Å². The molecule has 13 rings (SSSR count). The van der Waals surface area contributed by atoms with Gasteiger partial charge in [-0.25, -0.2) is 49.1 Å². The summed E-state index contributed by atoms with van der Waals surface area (Å²) in [7, 11) is 0. The summed E-state index contributed by atoms with van der Waals surface area (Å²) in [5.74, 6) is -6.83. The van der Waals surface area contributed by atoms with Crippen LogP contribution in [0.1, 0.15) is 41.4 Å². The van der Waals surface area contributed by atoms with Crippen molar-refractivity contribution in [2.75, 3.05) is 0 Å². The minimum Gasteiger partial charge on any atom is -0.478 e. The second-order valence-electron chi connectivity index (χ2n) is 17.9. The van der Waals surface area contributed by atoms with Gasteiger partial charge in [0.2, 0.25) is 0 Å². The van der Waals surface area contributed by atoms with E-state index >= 15 is 0 Å². The van der Waals surface area contributed by atoms with Crippen LogP contribution < -0.4 is 0 Å². The Balaban J connectivity index is 1.35. The van der Waals surface area contributed by atoms with Gasteiger partial charge in [0, 0.05) is 60.6 Å². The molecule has 11 aromatic rings. The Morgan fingerprint density at radius 3 is 1.34 bits per heavy atom. The van der Waals surface area contributed by atoms with Gasteiger partial charge < -0.3 is 25.4 Å². The van der Waals surface area contributed by atoms with Gasteiger partial charge in [-0.15, -0.1) is 0 Å². The van der Waals surface area contributed by atoms with Gasteiger partial charge in [-0.05, 0) is 40.5 Å². The van der Waals surface area contributed by atoms with Crippen molar-refractivity contribution in [3.8, 4) is 84.6 Å². The largest absolute Gasteiger partial charge is 0.478 e. The molecule has 0 radical (unpaired) electrons. The smallest absolute Gasteiger partial charge is 0.337 e. The van der Waals surface area contributed by atoms with Crippen LogP contribution in [-0.4, -0.2) is 83.8 Å². The topological polar surface area (TPSA) is 247 Å². The van der Waals surface area contributed by atoms with Crippen LogP contribution in [0.5, 0.6) is 0 Å². The van der Waals surface area contributed by atoms with Gasteiger partial charge in [0.05, 0.1) is 22.3 Å². The predicted molar refractivity (Wildman–Crippen MR) is 285 cm³/mol. The highest BCUT2D eigenvalue weighted by molar-refractivity contribution is 6.27. The van der Waals surface area contributed by atoms with Crippen LogP contribution in [0.25, 0.3) is 129 Å². The maximum Gasteiger partial charge on any atom is 0.337 e. The van der Waals surface area contributed by atoms with Crippen molar-refractivity contribution in [1.29, 1.82) is 0 Å². The summed E-state index contributed by atoms with van der Waals surface area (Å²) in [6.45, 7) is 0. The average molecular weight is 995 g/mol. The molecule has 16 heteroatoms. The van der Waals surface area contributed by atoms with E-state index in [0.717, 1.165) is 6.07 Å². The van der Waals surface area contributed by atoms with E-state index in [1.807, 2.05) is 158 Å². The molecule has 5 heterocycles. The Hall–Kier alpha value is -11.0. The first-order valence-corrected chi connectivity index (χ1v) is 23.7. The lowest BCUT2D eigenvalue weighted by molar-refractivity contribution is 0.0633. The fraction of sp³-hybridized carbons (Fsp3) is 0. The number of carboxylic acid groups (broad SMARTS) is 4. The molecule has 0 saturated carbocycles. The standard InChI is InChI=1S/C60H34N8O8/c69-57(70)39-29-38-43(48(60(75)76)44(39)58(71)72)52-63-51(38)67-56-37-28-16-15-27-36(37)55(68(56)33-23-11-4-12-24-33)66-50-35-26-14-13-25-34(35)49(61-50)62-53-45-41(31-19-7-2-8-20-31)40(30-17-5-1-6-18-30)42(32-21-9-3-10-22-32)47(59(73)74)46(45)54(64-52)65-53/h1-29H,(H,69,70)(H,71,72)(H,73,74)(H,75,76)(H,61,62,63,64,65,66,67). The second kappa shape index (κ2) is 17.3. The minimum atomic E-state index is -1.84. The highest BCUT2D eigenvalue weighted by Gasteiger charge is 2.36. The molecule has 0 aliphatic carbocycles. The number of hydrogen-bond donors (Lipinski definition) is 5. The maximum atomic E-state index is 14.5. The first-order valence-electron chi connectivity index (χ1n) is 23.7. The SMILES string of the molecule is O=C(O)c1cc2c(c(C(=O)O)c1C(=O)O)-c1nc-2nc2c3ccccc3c(nc3nc(nc4[nH]c(n1)c1c(C(=O)O)c(-c5ccccc5)c(-c5ccccc5)c(-c5ccccc5)c41)-c1ccccc1-3)n2-c1ccccc1. The monoisotopic (exact) mass is 994 g/mol. The molecular weight excluding hydrogens is 961 g/mol. The predicted octanol–water partition coefficient (Wildman–Crippen LogP) is 12.1. The third kappa shape index (κ3) is 6.93. The molecule has 362 valence electrons. The number of H-pyrrole nitrogens is 1. The molecule has 0 unspecified atom stereocenters. The van der Waals surface area contributed by atoms with Crippen LogP contribution in [0.2, 0.25) is 0 Å². The minimum absolute atomic E-state index is 0.0361. The van der Waals surface area contributed by atoms with Crippen LogP contribution in [0, 0.1) is 0 Å². The van der Waals surface area contributed by atoms with Crippen LogP contribution in [0.3, 0.4) is 0 Å². The number of benzene rings is 8. The summed E-state index contributed by atoms with van der Waals surface area (Å²) in [5, 5.41) is 45.6. The Bertz CT molecular complexity index is 4520. The van der Waals surface area contributed by atoms with E-state index in [9.17, 15) is 39.6 Å². The first kappa shape index (κ1) is 44.9. The summed E-state index contributed by atoms with van der Waals surface area (Å²) in [6, 6.07) is 52.9. The molecule has 3 aromatic heterocycles. The van der Waals surface area contributed by atoms with E-state index in [2.05, 4.69) is 4.98 Å². The number of fused-ring (bicyclic) bond motifs is 20. The van der Waals surface area contributed by atoms with E-state index in [1.54, 1.807) is 16.7 Å². The van der Waals surface area contributed by atoms with Crippen molar-refractivity contribution in [3.05, 3.63) is 198 Å². The zero-order chi connectivity index (χ0) is 51.9. The van der Waals surface area contributed by atoms with Crippen molar-refractivity contribution in [1.82, 2.24) is 39.5 Å². The van der Waals surface area contributed by atoms with Crippen LogP contribution in [0.15, 0.2) is 176 Å². The van der Waals surface area contributed by atoms with Crippen molar-refractivity contribution in [2.24, 2.45) is 0 Å². The molecule has 0 atom stereocenters. The fourth-order valence-corrected chi connectivity index (χ4v) is 10.5. The van der Waals surface area contributed by atoms with Crippen molar-refractivity contribution in [3.63, 3.8) is 0 Å². The highest BCUT2D eigenvalue weighted by Crippen LogP contribution is 2.50. The molecule has 5 N–H and O–H groups in total. The fourth-order valence-electron chi connectivity index (χ4n) is 10.5. The normalized spacial score (nSPS) is 11.6. The summed E-state index contributed by atoms with van der Waals surface area (Å²) in [6.07, 6.45) is 0. The number of para-hydroxylation sites is 1. The number of carboxylic acids is 4. The Morgan fingerprint density at radius 1 is 0.368 bits per heavy atom. The maximum absolute atomic E-state index is 14.5. The highest BCUT2D eigenvalue weighted by atomic mass is 16.4. The van der Waals surface area contributed by atoms with E-state index in [1.165, 1.54) is 0 Å². The number of nitrogens with zero attached hydrogens (tertiary/aromatic N) is 7. The third-order valence-corrected chi connectivity index (χ3v) is 13.6. The van der Waals surface area contributed by atoms with Crippen molar-refractivity contribution < 1.29 is 39.6 Å². The van der Waals surface area contributed by atoms with Crippen LogP contribution in [-0.2, 0) is 0 Å². The number of nitrogens with one attached hydrogen (secondary N) is 1. The Morgan fingerprint density at radius 2 is 0.803 bits per heavy atom. The quantitative estimate of drug-likeness (QED) is 0.0950. The number of aromatic amines is 1. The van der Waals surface area contributed by atoms with Gasteiger partial charge >= 0.3 is 23.9 Å². The van der Waals surface area contributed by atoms with Gasteiger partial charge in [0.1, 0.15) is 22.6 Å². The zero-order valence-electron chi connectivity index (χ0n) is 39.3. The average Bonchev–Trinajstić information content (AvgIpc) is 4.20. The van der Waals surface area contributed by atoms with Gasteiger partial charge in [0.15, 0.2) is 23.3 Å². The molecule has 8 aromatic carbocycles. The van der Waals surface area contributed by atoms with Crippen molar-refractivity contribution in [2.45, 2.75) is 0 Å². The van der Waals surface area contributed by atoms with Crippen molar-refractivity contribution >= 4 is 68.0 Å². The number of carbonyl (C=O) groups is 4. The van der Waals surface area contributed by atoms with E-state index < -0.39 is 46.4 Å². The third-order valence-electron chi connectivity index (χ3n) is 13.6. The molecule has 0 fully saturated rings. The number of hydrogen-bond acceptors (Lipinski definition) is 10. The summed E-state index contributed by atoms with van der Waals surface area (Å²) in [4.78, 5) is 88.5. The number of aromatic nitrogens is 8. The van der Waals surface area contributed by atoms with E-state index in [0.29, 0.717) is 72.0 Å².